The minimum atomic E-state index is -0.248. The molecule has 94 valence electrons. The molecule has 1 aromatic carbocycles. The minimum Gasteiger partial charge on any atom is -0.376 e. The van der Waals surface area contributed by atoms with E-state index in [1.54, 1.807) is 24.3 Å². The Balaban J connectivity index is 2.42. The van der Waals surface area contributed by atoms with Crippen LogP contribution >= 0.6 is 0 Å². The molecule has 3 N–H and O–H groups in total. The number of amides is 2. The molecule has 0 saturated carbocycles. The van der Waals surface area contributed by atoms with Crippen LogP contribution in [0.1, 0.15) is 6.92 Å². The Morgan fingerprint density at radius 3 is 2.39 bits per heavy atom. The van der Waals surface area contributed by atoms with E-state index >= 15 is 0 Å². The molecule has 0 heterocycles. The molecule has 0 bridgehead atoms. The van der Waals surface area contributed by atoms with Gasteiger partial charge in [0, 0.05) is 18.3 Å². The molecule has 6 nitrogen and oxygen atoms in total. The molecule has 1 rings (SSSR count). The zero-order chi connectivity index (χ0) is 13.4. The van der Waals surface area contributed by atoms with Crippen LogP contribution in [0, 0.1) is 11.3 Å². The van der Waals surface area contributed by atoms with Crippen LogP contribution in [-0.4, -0.2) is 24.9 Å². The van der Waals surface area contributed by atoms with E-state index in [1.807, 2.05) is 6.07 Å². The fourth-order valence-electron chi connectivity index (χ4n) is 1.26. The number of benzene rings is 1. The maximum atomic E-state index is 11.2. The first-order chi connectivity index (χ1) is 8.61. The third kappa shape index (κ3) is 4.99. The second-order valence-electron chi connectivity index (χ2n) is 3.55. The SMILES string of the molecule is CC(=O)Nc1ccc(NCC(=O)NCC#N)cc1. The smallest absolute Gasteiger partial charge is 0.240 e. The number of nitrogens with one attached hydrogen (secondary N) is 3. The van der Waals surface area contributed by atoms with Crippen molar-refractivity contribution in [3.63, 3.8) is 0 Å². The molecule has 0 atom stereocenters. The Hall–Kier alpha value is -2.55. The van der Waals surface area contributed by atoms with Crippen molar-refractivity contribution in [2.45, 2.75) is 6.92 Å². The van der Waals surface area contributed by atoms with Gasteiger partial charge in [0.15, 0.2) is 0 Å². The van der Waals surface area contributed by atoms with Crippen molar-refractivity contribution in [2.24, 2.45) is 0 Å². The van der Waals surface area contributed by atoms with E-state index in [2.05, 4.69) is 16.0 Å². The topological polar surface area (TPSA) is 94.0 Å². The van der Waals surface area contributed by atoms with E-state index in [4.69, 9.17) is 5.26 Å². The summed E-state index contributed by atoms with van der Waals surface area (Å²) in [6.45, 7) is 1.54. The average molecular weight is 246 g/mol. The van der Waals surface area contributed by atoms with Crippen LogP contribution in [0.25, 0.3) is 0 Å². The third-order valence-corrected chi connectivity index (χ3v) is 2.02. The van der Waals surface area contributed by atoms with Crippen molar-refractivity contribution in [1.82, 2.24) is 5.32 Å². The largest absolute Gasteiger partial charge is 0.376 e. The van der Waals surface area contributed by atoms with Gasteiger partial charge in [-0.2, -0.15) is 5.26 Å². The van der Waals surface area contributed by atoms with E-state index < -0.39 is 0 Å². The summed E-state index contributed by atoms with van der Waals surface area (Å²) in [6, 6.07) is 8.79. The predicted octanol–water partition coefficient (Wildman–Crippen LogP) is 0.697. The summed E-state index contributed by atoms with van der Waals surface area (Å²) in [4.78, 5) is 22.0. The van der Waals surface area contributed by atoms with Crippen molar-refractivity contribution < 1.29 is 9.59 Å². The molecule has 18 heavy (non-hydrogen) atoms. The predicted molar refractivity (Wildman–Crippen MR) is 67.9 cm³/mol. The minimum absolute atomic E-state index is 0.00197. The first-order valence-corrected chi connectivity index (χ1v) is 5.37. The van der Waals surface area contributed by atoms with Crippen molar-refractivity contribution in [2.75, 3.05) is 23.7 Å². The lowest BCUT2D eigenvalue weighted by molar-refractivity contribution is -0.119. The molecule has 0 unspecified atom stereocenters. The lowest BCUT2D eigenvalue weighted by Gasteiger charge is -2.07. The fraction of sp³-hybridized carbons (Fsp3) is 0.250. The Kier molecular flexibility index (Phi) is 5.19. The molecule has 0 radical (unpaired) electrons. The number of rotatable bonds is 5. The molecular formula is C12H14N4O2. The second kappa shape index (κ2) is 6.91. The Morgan fingerprint density at radius 2 is 1.83 bits per heavy atom. The molecular weight excluding hydrogens is 232 g/mol. The first-order valence-electron chi connectivity index (χ1n) is 5.37. The van der Waals surface area contributed by atoms with Gasteiger partial charge in [-0.05, 0) is 24.3 Å². The summed E-state index contributed by atoms with van der Waals surface area (Å²) in [5.41, 5.74) is 1.46. The number of anilines is 2. The van der Waals surface area contributed by atoms with Crippen LogP contribution in [0.3, 0.4) is 0 Å². The highest BCUT2D eigenvalue weighted by molar-refractivity contribution is 5.88. The lowest BCUT2D eigenvalue weighted by atomic mass is 10.2. The zero-order valence-corrected chi connectivity index (χ0v) is 9.99. The Morgan fingerprint density at radius 1 is 1.22 bits per heavy atom. The van der Waals surface area contributed by atoms with Gasteiger partial charge < -0.3 is 16.0 Å². The molecule has 1 aromatic rings. The third-order valence-electron chi connectivity index (χ3n) is 2.02. The second-order valence-corrected chi connectivity index (χ2v) is 3.55. The summed E-state index contributed by atoms with van der Waals surface area (Å²) in [6.07, 6.45) is 0. The number of carbonyl (C=O) groups is 2. The molecule has 0 aromatic heterocycles. The molecule has 6 heteroatoms. The van der Waals surface area contributed by atoms with Crippen LogP contribution in [0.15, 0.2) is 24.3 Å². The number of nitriles is 1. The highest BCUT2D eigenvalue weighted by Crippen LogP contribution is 2.12. The Bertz CT molecular complexity index is 462. The lowest BCUT2D eigenvalue weighted by Crippen LogP contribution is -2.29. The normalized spacial score (nSPS) is 9.11. The van der Waals surface area contributed by atoms with Crippen LogP contribution in [0.4, 0.5) is 11.4 Å². The van der Waals surface area contributed by atoms with Crippen molar-refractivity contribution >= 4 is 23.2 Å². The van der Waals surface area contributed by atoms with Crippen LogP contribution in [-0.2, 0) is 9.59 Å². The van der Waals surface area contributed by atoms with Gasteiger partial charge in [-0.15, -0.1) is 0 Å². The maximum absolute atomic E-state index is 11.2. The molecule has 0 aliphatic heterocycles. The van der Waals surface area contributed by atoms with Crippen molar-refractivity contribution in [1.29, 1.82) is 5.26 Å². The molecule has 0 aliphatic carbocycles. The van der Waals surface area contributed by atoms with Gasteiger partial charge in [-0.1, -0.05) is 0 Å². The standard InChI is InChI=1S/C12H14N4O2/c1-9(17)16-11-4-2-10(3-5-11)15-8-12(18)14-7-6-13/h2-5,15H,7-8H2,1H3,(H,14,18)(H,16,17). The van der Waals surface area contributed by atoms with E-state index in [9.17, 15) is 9.59 Å². The van der Waals surface area contributed by atoms with Gasteiger partial charge in [0.2, 0.25) is 11.8 Å². The number of nitrogens with zero attached hydrogens (tertiary/aromatic N) is 1. The highest BCUT2D eigenvalue weighted by atomic mass is 16.2. The quantitative estimate of drug-likeness (QED) is 0.666. The molecule has 0 fully saturated rings. The fourth-order valence-corrected chi connectivity index (χ4v) is 1.26. The van der Waals surface area contributed by atoms with Gasteiger partial charge in [0.05, 0.1) is 12.6 Å². The van der Waals surface area contributed by atoms with Gasteiger partial charge in [-0.25, -0.2) is 0 Å². The summed E-state index contributed by atoms with van der Waals surface area (Å²) >= 11 is 0. The highest BCUT2D eigenvalue weighted by Gasteiger charge is 2.00. The molecule has 0 aliphatic rings. The van der Waals surface area contributed by atoms with Gasteiger partial charge in [-0.3, -0.25) is 9.59 Å². The van der Waals surface area contributed by atoms with Crippen LogP contribution in [0.5, 0.6) is 0 Å². The molecule has 2 amide bonds. The van der Waals surface area contributed by atoms with E-state index in [-0.39, 0.29) is 24.9 Å². The van der Waals surface area contributed by atoms with Crippen LogP contribution in [0.2, 0.25) is 0 Å². The van der Waals surface area contributed by atoms with E-state index in [0.29, 0.717) is 5.69 Å². The maximum Gasteiger partial charge on any atom is 0.240 e. The number of carbonyl (C=O) groups excluding carboxylic acids is 2. The first kappa shape index (κ1) is 13.5. The van der Waals surface area contributed by atoms with Gasteiger partial charge >= 0.3 is 0 Å². The summed E-state index contributed by atoms with van der Waals surface area (Å²) in [7, 11) is 0. The Labute approximate surface area is 105 Å². The summed E-state index contributed by atoms with van der Waals surface area (Å²) in [5, 5.41) is 16.2. The van der Waals surface area contributed by atoms with E-state index in [0.717, 1.165) is 5.69 Å². The van der Waals surface area contributed by atoms with Crippen molar-refractivity contribution in [3.05, 3.63) is 24.3 Å². The number of hydrogen-bond acceptors (Lipinski definition) is 4. The molecule has 0 spiro atoms. The summed E-state index contributed by atoms with van der Waals surface area (Å²) in [5.74, 6) is -0.380. The van der Waals surface area contributed by atoms with Crippen molar-refractivity contribution in [3.8, 4) is 6.07 Å². The van der Waals surface area contributed by atoms with Gasteiger partial charge in [0.25, 0.3) is 0 Å². The molecule has 0 saturated heterocycles. The number of hydrogen-bond donors (Lipinski definition) is 3. The average Bonchev–Trinajstić information content (AvgIpc) is 2.35. The zero-order valence-electron chi connectivity index (χ0n) is 9.99. The van der Waals surface area contributed by atoms with E-state index in [1.165, 1.54) is 6.92 Å². The van der Waals surface area contributed by atoms with Gasteiger partial charge in [0.1, 0.15) is 6.54 Å². The van der Waals surface area contributed by atoms with Crippen LogP contribution < -0.4 is 16.0 Å². The summed E-state index contributed by atoms with van der Waals surface area (Å²) < 4.78 is 0. The monoisotopic (exact) mass is 246 g/mol.